The average molecular weight is 348 g/mol. The number of amides is 1. The minimum absolute atomic E-state index is 0.146. The summed E-state index contributed by atoms with van der Waals surface area (Å²) in [6.45, 7) is 1.59. The van der Waals surface area contributed by atoms with Crippen LogP contribution < -0.4 is 14.8 Å². The molecule has 0 saturated carbocycles. The second-order valence-corrected chi connectivity index (χ2v) is 5.55. The van der Waals surface area contributed by atoms with Gasteiger partial charge in [-0.2, -0.15) is 0 Å². The SMILES string of the molecule is COc1ccc(C(C)=O)c(OCC(=O)NCc2cccc(Cl)c2)c1. The zero-order valence-corrected chi connectivity index (χ0v) is 14.2. The minimum atomic E-state index is -0.299. The molecular weight excluding hydrogens is 330 g/mol. The van der Waals surface area contributed by atoms with Gasteiger partial charge in [-0.25, -0.2) is 0 Å². The van der Waals surface area contributed by atoms with Gasteiger partial charge in [0, 0.05) is 17.6 Å². The summed E-state index contributed by atoms with van der Waals surface area (Å²) in [5.41, 5.74) is 1.29. The fraction of sp³-hybridized carbons (Fsp3) is 0.222. The van der Waals surface area contributed by atoms with Gasteiger partial charge in [-0.3, -0.25) is 9.59 Å². The van der Waals surface area contributed by atoms with Gasteiger partial charge >= 0.3 is 0 Å². The molecule has 126 valence electrons. The van der Waals surface area contributed by atoms with Crippen molar-refractivity contribution in [1.82, 2.24) is 5.32 Å². The highest BCUT2D eigenvalue weighted by molar-refractivity contribution is 6.30. The van der Waals surface area contributed by atoms with Gasteiger partial charge in [-0.15, -0.1) is 0 Å². The van der Waals surface area contributed by atoms with Crippen LogP contribution in [0.1, 0.15) is 22.8 Å². The van der Waals surface area contributed by atoms with Crippen LogP contribution in [0.15, 0.2) is 42.5 Å². The number of rotatable bonds is 7. The maximum atomic E-state index is 11.9. The molecule has 0 bridgehead atoms. The van der Waals surface area contributed by atoms with E-state index in [4.69, 9.17) is 21.1 Å². The Labute approximate surface area is 145 Å². The Balaban J connectivity index is 1.95. The number of ketones is 1. The molecule has 0 saturated heterocycles. The van der Waals surface area contributed by atoms with Crippen molar-refractivity contribution in [1.29, 1.82) is 0 Å². The molecule has 2 rings (SSSR count). The molecule has 0 aromatic heterocycles. The van der Waals surface area contributed by atoms with Crippen LogP contribution in [0, 0.1) is 0 Å². The van der Waals surface area contributed by atoms with E-state index in [1.54, 1.807) is 30.3 Å². The lowest BCUT2D eigenvalue weighted by Gasteiger charge is -2.11. The normalized spacial score (nSPS) is 10.1. The molecule has 0 heterocycles. The first-order valence-electron chi connectivity index (χ1n) is 7.32. The molecule has 0 aliphatic carbocycles. The van der Waals surface area contributed by atoms with Crippen molar-refractivity contribution >= 4 is 23.3 Å². The van der Waals surface area contributed by atoms with Crippen LogP contribution in [-0.4, -0.2) is 25.4 Å². The van der Waals surface area contributed by atoms with Crippen molar-refractivity contribution in [2.75, 3.05) is 13.7 Å². The van der Waals surface area contributed by atoms with Crippen molar-refractivity contribution in [3.63, 3.8) is 0 Å². The number of hydrogen-bond acceptors (Lipinski definition) is 4. The number of ether oxygens (including phenoxy) is 2. The first-order valence-corrected chi connectivity index (χ1v) is 7.70. The quantitative estimate of drug-likeness (QED) is 0.781. The van der Waals surface area contributed by atoms with E-state index in [0.29, 0.717) is 28.6 Å². The first-order chi connectivity index (χ1) is 11.5. The smallest absolute Gasteiger partial charge is 0.258 e. The molecule has 1 N–H and O–H groups in total. The molecule has 0 fully saturated rings. The maximum absolute atomic E-state index is 11.9. The third kappa shape index (κ3) is 4.99. The van der Waals surface area contributed by atoms with E-state index >= 15 is 0 Å². The summed E-state index contributed by atoms with van der Waals surface area (Å²) in [5.74, 6) is 0.424. The van der Waals surface area contributed by atoms with Crippen LogP contribution in [0.25, 0.3) is 0 Å². The van der Waals surface area contributed by atoms with Crippen LogP contribution in [-0.2, 0) is 11.3 Å². The molecule has 5 nitrogen and oxygen atoms in total. The zero-order valence-electron chi connectivity index (χ0n) is 13.5. The summed E-state index contributed by atoms with van der Waals surface area (Å²) >= 11 is 5.90. The van der Waals surface area contributed by atoms with E-state index in [-0.39, 0.29) is 18.3 Å². The molecule has 2 aromatic rings. The van der Waals surface area contributed by atoms with Crippen molar-refractivity contribution in [2.24, 2.45) is 0 Å². The monoisotopic (exact) mass is 347 g/mol. The van der Waals surface area contributed by atoms with Gasteiger partial charge in [0.1, 0.15) is 11.5 Å². The number of hydrogen-bond donors (Lipinski definition) is 1. The molecular formula is C18H18ClNO4. The molecule has 0 radical (unpaired) electrons. The van der Waals surface area contributed by atoms with Crippen LogP contribution in [0.3, 0.4) is 0 Å². The fourth-order valence-corrected chi connectivity index (χ4v) is 2.29. The molecule has 0 unspecified atom stereocenters. The van der Waals surface area contributed by atoms with Crippen LogP contribution in [0.5, 0.6) is 11.5 Å². The van der Waals surface area contributed by atoms with E-state index in [1.165, 1.54) is 14.0 Å². The fourth-order valence-electron chi connectivity index (χ4n) is 2.08. The highest BCUT2D eigenvalue weighted by Gasteiger charge is 2.12. The number of nitrogens with one attached hydrogen (secondary N) is 1. The Morgan fingerprint density at radius 1 is 1.17 bits per heavy atom. The summed E-state index contributed by atoms with van der Waals surface area (Å²) in [7, 11) is 1.52. The Hall–Kier alpha value is -2.53. The van der Waals surface area contributed by atoms with Crippen molar-refractivity contribution < 1.29 is 19.1 Å². The van der Waals surface area contributed by atoms with Gasteiger partial charge in [0.2, 0.25) is 0 Å². The average Bonchev–Trinajstić information content (AvgIpc) is 2.57. The van der Waals surface area contributed by atoms with Crippen molar-refractivity contribution in [3.05, 3.63) is 58.6 Å². The van der Waals surface area contributed by atoms with Crippen LogP contribution >= 0.6 is 11.6 Å². The number of methoxy groups -OCH3 is 1. The second-order valence-electron chi connectivity index (χ2n) is 5.11. The largest absolute Gasteiger partial charge is 0.497 e. The van der Waals surface area contributed by atoms with Gasteiger partial charge in [-0.05, 0) is 36.8 Å². The Bertz CT molecular complexity index is 746. The number of Topliss-reactive ketones (excluding diaryl/α,β-unsaturated/α-hetero) is 1. The predicted molar refractivity (Wildman–Crippen MR) is 91.8 cm³/mol. The number of benzene rings is 2. The topological polar surface area (TPSA) is 64.6 Å². The molecule has 0 spiro atoms. The van der Waals surface area contributed by atoms with Crippen LogP contribution in [0.2, 0.25) is 5.02 Å². The van der Waals surface area contributed by atoms with Gasteiger partial charge in [0.15, 0.2) is 12.4 Å². The predicted octanol–water partition coefficient (Wildman–Crippen LogP) is 3.25. The molecule has 0 aliphatic heterocycles. The van der Waals surface area contributed by atoms with E-state index in [1.807, 2.05) is 12.1 Å². The minimum Gasteiger partial charge on any atom is -0.497 e. The molecule has 1 amide bonds. The summed E-state index contributed by atoms with van der Waals surface area (Å²) in [6, 6.07) is 12.1. The Morgan fingerprint density at radius 3 is 2.62 bits per heavy atom. The van der Waals surface area contributed by atoms with Gasteiger partial charge in [-0.1, -0.05) is 23.7 Å². The molecule has 24 heavy (non-hydrogen) atoms. The van der Waals surface area contributed by atoms with Gasteiger partial charge in [0.05, 0.1) is 12.7 Å². The van der Waals surface area contributed by atoms with Crippen molar-refractivity contribution in [3.8, 4) is 11.5 Å². The van der Waals surface area contributed by atoms with E-state index in [9.17, 15) is 9.59 Å². The summed E-state index contributed by atoms with van der Waals surface area (Å²) in [5, 5.41) is 3.35. The summed E-state index contributed by atoms with van der Waals surface area (Å²) < 4.78 is 10.6. The zero-order chi connectivity index (χ0) is 17.5. The van der Waals surface area contributed by atoms with Gasteiger partial charge in [0.25, 0.3) is 5.91 Å². The van der Waals surface area contributed by atoms with Gasteiger partial charge < -0.3 is 14.8 Å². The van der Waals surface area contributed by atoms with E-state index < -0.39 is 0 Å². The molecule has 6 heteroatoms. The number of halogens is 1. The lowest BCUT2D eigenvalue weighted by Crippen LogP contribution is -2.28. The van der Waals surface area contributed by atoms with Crippen LogP contribution in [0.4, 0.5) is 0 Å². The number of carbonyl (C=O) groups excluding carboxylic acids is 2. The third-order valence-electron chi connectivity index (χ3n) is 3.31. The highest BCUT2D eigenvalue weighted by Crippen LogP contribution is 2.25. The van der Waals surface area contributed by atoms with E-state index in [2.05, 4.69) is 5.32 Å². The lowest BCUT2D eigenvalue weighted by molar-refractivity contribution is -0.123. The standard InChI is InChI=1S/C18H18ClNO4/c1-12(21)16-7-6-15(23-2)9-17(16)24-11-18(22)20-10-13-4-3-5-14(19)8-13/h3-9H,10-11H2,1-2H3,(H,20,22). The Kier molecular flexibility index (Phi) is 6.21. The maximum Gasteiger partial charge on any atom is 0.258 e. The molecule has 0 atom stereocenters. The third-order valence-corrected chi connectivity index (χ3v) is 3.54. The Morgan fingerprint density at radius 2 is 1.96 bits per heavy atom. The highest BCUT2D eigenvalue weighted by atomic mass is 35.5. The summed E-state index contributed by atoms with van der Waals surface area (Å²) in [4.78, 5) is 23.5. The van der Waals surface area contributed by atoms with Crippen molar-refractivity contribution in [2.45, 2.75) is 13.5 Å². The summed E-state index contributed by atoms with van der Waals surface area (Å²) in [6.07, 6.45) is 0. The number of carbonyl (C=O) groups is 2. The van der Waals surface area contributed by atoms with E-state index in [0.717, 1.165) is 5.56 Å². The lowest BCUT2D eigenvalue weighted by atomic mass is 10.1. The molecule has 2 aromatic carbocycles. The second kappa shape index (κ2) is 8.36. The first kappa shape index (κ1) is 17.8. The molecule has 0 aliphatic rings.